The van der Waals surface area contributed by atoms with Crippen LogP contribution in [0.3, 0.4) is 0 Å². The van der Waals surface area contributed by atoms with Gasteiger partial charge in [-0.05, 0) is 17.5 Å². The number of rotatable bonds is 1. The van der Waals surface area contributed by atoms with Gasteiger partial charge in [-0.3, -0.25) is 0 Å². The summed E-state index contributed by atoms with van der Waals surface area (Å²) >= 11 is 7.60. The molecule has 3 heterocycles. The van der Waals surface area contributed by atoms with Crippen molar-refractivity contribution in [3.63, 3.8) is 0 Å². The third-order valence-electron chi connectivity index (χ3n) is 2.39. The van der Waals surface area contributed by atoms with Crippen molar-refractivity contribution >= 4 is 34.3 Å². The first-order valence-electron chi connectivity index (χ1n) is 4.72. The molecule has 0 fully saturated rings. The van der Waals surface area contributed by atoms with E-state index in [0.717, 1.165) is 10.6 Å². The highest BCUT2D eigenvalue weighted by molar-refractivity contribution is 7.13. The Morgan fingerprint density at radius 3 is 3.00 bits per heavy atom. The summed E-state index contributed by atoms with van der Waals surface area (Å²) in [6.45, 7) is 0. The minimum absolute atomic E-state index is 0.520. The van der Waals surface area contributed by atoms with E-state index in [1.807, 2.05) is 34.3 Å². The quantitative estimate of drug-likeness (QED) is 0.719. The molecule has 3 rings (SSSR count). The largest absolute Gasteiger partial charge is 0.394 e. The van der Waals surface area contributed by atoms with Crippen LogP contribution in [-0.4, -0.2) is 9.38 Å². The second-order valence-electron chi connectivity index (χ2n) is 3.41. The lowest BCUT2D eigenvalue weighted by Gasteiger charge is -1.98. The van der Waals surface area contributed by atoms with Crippen molar-refractivity contribution in [1.82, 2.24) is 9.38 Å². The summed E-state index contributed by atoms with van der Waals surface area (Å²) in [7, 11) is 0. The van der Waals surface area contributed by atoms with Crippen LogP contribution in [0.2, 0.25) is 5.02 Å². The molecular formula is C11H8ClN3S. The molecule has 3 nitrogen and oxygen atoms in total. The number of anilines is 1. The summed E-state index contributed by atoms with van der Waals surface area (Å²) in [6, 6.07) is 5.80. The molecule has 3 aromatic heterocycles. The second kappa shape index (κ2) is 3.50. The number of hydrogen-bond acceptors (Lipinski definition) is 3. The summed E-state index contributed by atoms with van der Waals surface area (Å²) < 4.78 is 1.89. The Bertz CT molecular complexity index is 643. The number of nitrogens with two attached hydrogens (primary N) is 1. The Morgan fingerprint density at radius 1 is 1.38 bits per heavy atom. The number of aromatic nitrogens is 2. The third kappa shape index (κ3) is 1.38. The predicted molar refractivity (Wildman–Crippen MR) is 67.9 cm³/mol. The van der Waals surface area contributed by atoms with E-state index >= 15 is 0 Å². The molecule has 2 N–H and O–H groups in total. The maximum atomic E-state index is 5.95. The fourth-order valence-electron chi connectivity index (χ4n) is 1.59. The minimum Gasteiger partial charge on any atom is -0.394 e. The summed E-state index contributed by atoms with van der Waals surface area (Å²) in [4.78, 5) is 5.60. The fourth-order valence-corrected chi connectivity index (χ4v) is 2.41. The lowest BCUT2D eigenvalue weighted by Crippen LogP contribution is -1.92. The van der Waals surface area contributed by atoms with Gasteiger partial charge in [-0.15, -0.1) is 11.3 Å². The Morgan fingerprint density at radius 2 is 2.25 bits per heavy atom. The molecular weight excluding hydrogens is 242 g/mol. The van der Waals surface area contributed by atoms with Crippen LogP contribution < -0.4 is 5.73 Å². The van der Waals surface area contributed by atoms with Crippen LogP contribution in [0.4, 0.5) is 5.69 Å². The first kappa shape index (κ1) is 9.69. The highest BCUT2D eigenvalue weighted by Gasteiger charge is 2.09. The van der Waals surface area contributed by atoms with Gasteiger partial charge in [0.2, 0.25) is 0 Å². The lowest BCUT2D eigenvalue weighted by atomic mass is 10.4. The van der Waals surface area contributed by atoms with Crippen molar-refractivity contribution in [3.8, 4) is 10.6 Å². The number of nitrogens with zero attached hydrogens (tertiary/aromatic N) is 2. The smallest absolute Gasteiger partial charge is 0.162 e. The molecule has 0 saturated carbocycles. The summed E-state index contributed by atoms with van der Waals surface area (Å²) in [5.41, 5.74) is 8.02. The molecule has 80 valence electrons. The molecule has 0 unspecified atom stereocenters. The van der Waals surface area contributed by atoms with E-state index in [1.54, 1.807) is 17.4 Å². The molecule has 0 aliphatic rings. The normalized spacial score (nSPS) is 11.1. The third-order valence-corrected chi connectivity index (χ3v) is 3.61. The van der Waals surface area contributed by atoms with Crippen molar-refractivity contribution in [2.45, 2.75) is 0 Å². The molecule has 5 heteroatoms. The van der Waals surface area contributed by atoms with E-state index in [-0.39, 0.29) is 0 Å². The molecule has 0 atom stereocenters. The Balaban J connectivity index is 2.28. The van der Waals surface area contributed by atoms with Gasteiger partial charge in [0.05, 0.1) is 21.3 Å². The number of nitrogen functional groups attached to an aromatic ring is 1. The maximum absolute atomic E-state index is 5.95. The number of fused-ring (bicyclic) bond motifs is 1. The zero-order valence-corrected chi connectivity index (χ0v) is 9.79. The molecule has 0 spiro atoms. The molecule has 0 aromatic carbocycles. The van der Waals surface area contributed by atoms with E-state index in [2.05, 4.69) is 4.98 Å². The van der Waals surface area contributed by atoms with Crippen LogP contribution in [0.15, 0.2) is 36.0 Å². The van der Waals surface area contributed by atoms with Crippen LogP contribution in [0.25, 0.3) is 16.2 Å². The van der Waals surface area contributed by atoms with E-state index < -0.39 is 0 Å². The fraction of sp³-hybridized carbons (Fsp3) is 0. The highest BCUT2D eigenvalue weighted by atomic mass is 35.5. The maximum Gasteiger partial charge on any atom is 0.162 e. The Labute approximate surface area is 101 Å². The predicted octanol–water partition coefficient (Wildman–Crippen LogP) is 3.30. The highest BCUT2D eigenvalue weighted by Crippen LogP contribution is 2.28. The number of imidazole rings is 1. The van der Waals surface area contributed by atoms with Crippen LogP contribution in [0.1, 0.15) is 0 Å². The zero-order valence-electron chi connectivity index (χ0n) is 8.22. The van der Waals surface area contributed by atoms with Gasteiger partial charge in [-0.25, -0.2) is 4.98 Å². The van der Waals surface area contributed by atoms with Gasteiger partial charge in [0.25, 0.3) is 0 Å². The SMILES string of the molecule is Nc1c(Cl)ccn2cc(-c3cccs3)nc12. The van der Waals surface area contributed by atoms with E-state index in [1.165, 1.54) is 0 Å². The average molecular weight is 250 g/mol. The van der Waals surface area contributed by atoms with Gasteiger partial charge in [0.1, 0.15) is 0 Å². The minimum atomic E-state index is 0.520. The topological polar surface area (TPSA) is 43.3 Å². The van der Waals surface area contributed by atoms with Crippen LogP contribution >= 0.6 is 22.9 Å². The van der Waals surface area contributed by atoms with Crippen LogP contribution in [0, 0.1) is 0 Å². The molecule has 0 radical (unpaired) electrons. The van der Waals surface area contributed by atoms with Crippen LogP contribution in [-0.2, 0) is 0 Å². The van der Waals surface area contributed by atoms with Gasteiger partial charge in [-0.1, -0.05) is 17.7 Å². The van der Waals surface area contributed by atoms with Crippen LogP contribution in [0.5, 0.6) is 0 Å². The molecule has 16 heavy (non-hydrogen) atoms. The molecule has 0 amide bonds. The lowest BCUT2D eigenvalue weighted by molar-refractivity contribution is 1.19. The molecule has 0 bridgehead atoms. The van der Waals surface area contributed by atoms with Gasteiger partial charge in [0, 0.05) is 12.4 Å². The monoisotopic (exact) mass is 249 g/mol. The number of hydrogen-bond donors (Lipinski definition) is 1. The first-order chi connectivity index (χ1) is 7.75. The van der Waals surface area contributed by atoms with E-state index in [0.29, 0.717) is 16.4 Å². The van der Waals surface area contributed by atoms with Crippen molar-refractivity contribution in [2.24, 2.45) is 0 Å². The number of pyridine rings is 1. The summed E-state index contributed by atoms with van der Waals surface area (Å²) in [5, 5.41) is 2.56. The van der Waals surface area contributed by atoms with Crippen molar-refractivity contribution in [2.75, 3.05) is 5.73 Å². The van der Waals surface area contributed by atoms with E-state index in [4.69, 9.17) is 17.3 Å². The van der Waals surface area contributed by atoms with Gasteiger partial charge < -0.3 is 10.1 Å². The average Bonchev–Trinajstić information content (AvgIpc) is 2.91. The van der Waals surface area contributed by atoms with E-state index in [9.17, 15) is 0 Å². The molecule has 0 aliphatic carbocycles. The molecule has 0 saturated heterocycles. The summed E-state index contributed by atoms with van der Waals surface area (Å²) in [6.07, 6.45) is 3.81. The van der Waals surface area contributed by atoms with Gasteiger partial charge >= 0.3 is 0 Å². The standard InChI is InChI=1S/C11H8ClN3S/c12-7-3-4-15-6-8(9-2-1-5-16-9)14-11(15)10(7)13/h1-6H,13H2. The second-order valence-corrected chi connectivity index (χ2v) is 4.77. The van der Waals surface area contributed by atoms with Crippen molar-refractivity contribution in [1.29, 1.82) is 0 Å². The molecule has 3 aromatic rings. The van der Waals surface area contributed by atoms with Crippen molar-refractivity contribution in [3.05, 3.63) is 41.0 Å². The number of halogens is 1. The number of thiophene rings is 1. The van der Waals surface area contributed by atoms with Gasteiger partial charge in [0.15, 0.2) is 5.65 Å². The Kier molecular flexibility index (Phi) is 2.12. The Hall–Kier alpha value is -1.52. The summed E-state index contributed by atoms with van der Waals surface area (Å²) in [5.74, 6) is 0. The van der Waals surface area contributed by atoms with Gasteiger partial charge in [-0.2, -0.15) is 0 Å². The first-order valence-corrected chi connectivity index (χ1v) is 5.98. The van der Waals surface area contributed by atoms with Crippen molar-refractivity contribution < 1.29 is 0 Å². The zero-order chi connectivity index (χ0) is 11.1. The molecule has 0 aliphatic heterocycles.